The summed E-state index contributed by atoms with van der Waals surface area (Å²) in [5, 5.41) is 4.53. The lowest BCUT2D eigenvalue weighted by molar-refractivity contribution is 0.415. The van der Waals surface area contributed by atoms with Gasteiger partial charge in [-0.15, -0.1) is 0 Å². The van der Waals surface area contributed by atoms with Crippen molar-refractivity contribution in [3.8, 4) is 28.3 Å². The second kappa shape index (κ2) is 9.09. The Kier molecular flexibility index (Phi) is 5.68. The number of hydrogen-bond acceptors (Lipinski definition) is 5. The van der Waals surface area contributed by atoms with Crippen LogP contribution in [0.25, 0.3) is 33.4 Å². The second-order valence-electron chi connectivity index (χ2n) is 7.88. The third-order valence-corrected chi connectivity index (χ3v) is 5.73. The van der Waals surface area contributed by atoms with Crippen LogP contribution in [0.3, 0.4) is 0 Å². The molecule has 0 aliphatic carbocycles. The van der Waals surface area contributed by atoms with E-state index < -0.39 is 0 Å². The van der Waals surface area contributed by atoms with Gasteiger partial charge in [0.15, 0.2) is 5.82 Å². The smallest absolute Gasteiger partial charge is 0.163 e. The summed E-state index contributed by atoms with van der Waals surface area (Å²) in [5.74, 6) is 2.28. The number of pyridine rings is 1. The van der Waals surface area contributed by atoms with E-state index in [1.807, 2.05) is 36.4 Å². The normalized spacial score (nSPS) is 10.8. The lowest BCUT2D eigenvalue weighted by Crippen LogP contribution is -2.05. The molecule has 0 bridgehead atoms. The van der Waals surface area contributed by atoms with Gasteiger partial charge in [0.2, 0.25) is 0 Å². The molecule has 33 heavy (non-hydrogen) atoms. The van der Waals surface area contributed by atoms with Crippen molar-refractivity contribution >= 4 is 16.7 Å². The van der Waals surface area contributed by atoms with E-state index in [0.717, 1.165) is 39.2 Å². The van der Waals surface area contributed by atoms with Crippen LogP contribution >= 0.6 is 0 Å². The van der Waals surface area contributed by atoms with E-state index in [9.17, 15) is 0 Å². The van der Waals surface area contributed by atoms with Crippen LogP contribution in [0.1, 0.15) is 11.1 Å². The Morgan fingerprint density at radius 2 is 1.67 bits per heavy atom. The Morgan fingerprint density at radius 3 is 2.48 bits per heavy atom. The van der Waals surface area contributed by atoms with E-state index in [1.165, 1.54) is 11.1 Å². The maximum Gasteiger partial charge on any atom is 0.163 e. The number of methoxy groups -OCH3 is 1. The van der Waals surface area contributed by atoms with Crippen molar-refractivity contribution in [3.63, 3.8) is 0 Å². The third-order valence-electron chi connectivity index (χ3n) is 5.73. The molecule has 5 heteroatoms. The van der Waals surface area contributed by atoms with Gasteiger partial charge in [-0.2, -0.15) is 0 Å². The Morgan fingerprint density at radius 1 is 0.818 bits per heavy atom. The summed E-state index contributed by atoms with van der Waals surface area (Å²) >= 11 is 0. The maximum absolute atomic E-state index is 5.41. The van der Waals surface area contributed by atoms with Gasteiger partial charge in [-0.25, -0.2) is 9.97 Å². The van der Waals surface area contributed by atoms with Gasteiger partial charge in [-0.05, 0) is 65.6 Å². The highest BCUT2D eigenvalue weighted by molar-refractivity contribution is 5.94. The highest BCUT2D eigenvalue weighted by Crippen LogP contribution is 2.31. The van der Waals surface area contributed by atoms with Gasteiger partial charge < -0.3 is 10.1 Å². The first-order valence-corrected chi connectivity index (χ1v) is 10.9. The van der Waals surface area contributed by atoms with E-state index in [-0.39, 0.29) is 0 Å². The maximum atomic E-state index is 5.41. The molecule has 2 aromatic heterocycles. The molecule has 5 rings (SSSR count). The summed E-state index contributed by atoms with van der Waals surface area (Å²) in [5.41, 5.74) is 6.40. The molecule has 0 fully saturated rings. The largest absolute Gasteiger partial charge is 0.497 e. The zero-order valence-electron chi connectivity index (χ0n) is 18.6. The first kappa shape index (κ1) is 20.6. The average Bonchev–Trinajstić information content (AvgIpc) is 2.88. The molecule has 5 nitrogen and oxygen atoms in total. The second-order valence-corrected chi connectivity index (χ2v) is 7.88. The molecule has 0 spiro atoms. The van der Waals surface area contributed by atoms with Crippen LogP contribution in [0.15, 0.2) is 91.3 Å². The van der Waals surface area contributed by atoms with Crippen LogP contribution in [-0.4, -0.2) is 22.1 Å². The minimum atomic E-state index is 0.650. The average molecular weight is 433 g/mol. The predicted molar refractivity (Wildman–Crippen MR) is 133 cm³/mol. The van der Waals surface area contributed by atoms with Gasteiger partial charge in [-0.3, -0.25) is 4.98 Å². The molecule has 0 radical (unpaired) electrons. The van der Waals surface area contributed by atoms with Crippen molar-refractivity contribution in [2.45, 2.75) is 13.5 Å². The zero-order chi connectivity index (χ0) is 22.6. The fourth-order valence-corrected chi connectivity index (χ4v) is 3.86. The lowest BCUT2D eigenvalue weighted by atomic mass is 10.0. The highest BCUT2D eigenvalue weighted by Gasteiger charge is 2.12. The number of nitrogens with one attached hydrogen (secondary N) is 1. The van der Waals surface area contributed by atoms with Gasteiger partial charge in [0.25, 0.3) is 0 Å². The minimum absolute atomic E-state index is 0.650. The SMILES string of the molecule is COc1cccc(-c2ccc3nc(-c4cccnc4)nc(NCc4ccccc4C)c3c2)c1. The molecule has 2 heterocycles. The van der Waals surface area contributed by atoms with Crippen LogP contribution in [0.4, 0.5) is 5.82 Å². The number of benzene rings is 3. The first-order chi connectivity index (χ1) is 16.2. The molecular weight excluding hydrogens is 408 g/mol. The van der Waals surface area contributed by atoms with E-state index in [4.69, 9.17) is 14.7 Å². The summed E-state index contributed by atoms with van der Waals surface area (Å²) in [4.78, 5) is 14.0. The Hall–Kier alpha value is -4.25. The number of aromatic nitrogens is 3. The molecule has 0 amide bonds. The quantitative estimate of drug-likeness (QED) is 0.342. The van der Waals surface area contributed by atoms with Gasteiger partial charge in [0, 0.05) is 29.9 Å². The summed E-state index contributed by atoms with van der Waals surface area (Å²) in [7, 11) is 1.68. The molecule has 0 aliphatic rings. The van der Waals surface area contributed by atoms with Crippen LogP contribution in [0, 0.1) is 6.92 Å². The molecule has 5 aromatic rings. The van der Waals surface area contributed by atoms with Crippen molar-refractivity contribution in [2.75, 3.05) is 12.4 Å². The van der Waals surface area contributed by atoms with Crippen molar-refractivity contribution < 1.29 is 4.74 Å². The van der Waals surface area contributed by atoms with Crippen LogP contribution in [0.5, 0.6) is 5.75 Å². The summed E-state index contributed by atoms with van der Waals surface area (Å²) in [6.07, 6.45) is 3.54. The first-order valence-electron chi connectivity index (χ1n) is 10.9. The molecule has 0 unspecified atom stereocenters. The zero-order valence-corrected chi connectivity index (χ0v) is 18.6. The van der Waals surface area contributed by atoms with Crippen molar-refractivity contribution in [1.82, 2.24) is 15.0 Å². The molecule has 162 valence electrons. The Labute approximate surface area is 193 Å². The topological polar surface area (TPSA) is 59.9 Å². The predicted octanol–water partition coefficient (Wildman–Crippen LogP) is 6.29. The summed E-state index contributed by atoms with van der Waals surface area (Å²) < 4.78 is 5.41. The van der Waals surface area contributed by atoms with Crippen LogP contribution in [-0.2, 0) is 6.54 Å². The standard InChI is InChI=1S/C28H24N4O/c1-19-7-3-4-8-22(19)18-30-28-25-16-21(20-9-5-11-24(15-20)33-2)12-13-26(25)31-27(32-28)23-10-6-14-29-17-23/h3-17H,18H2,1-2H3,(H,30,31,32). The van der Waals surface area contributed by atoms with Gasteiger partial charge >= 0.3 is 0 Å². The van der Waals surface area contributed by atoms with Gasteiger partial charge in [0.1, 0.15) is 11.6 Å². The van der Waals surface area contributed by atoms with Crippen LogP contribution in [0.2, 0.25) is 0 Å². The van der Waals surface area contributed by atoms with E-state index in [1.54, 1.807) is 19.5 Å². The lowest BCUT2D eigenvalue weighted by Gasteiger charge is -2.13. The molecule has 0 atom stereocenters. The molecule has 0 aliphatic heterocycles. The van der Waals surface area contributed by atoms with Gasteiger partial charge in [0.05, 0.1) is 12.6 Å². The number of ether oxygens (including phenoxy) is 1. The Balaban J connectivity index is 1.61. The molecule has 0 saturated carbocycles. The summed E-state index contributed by atoms with van der Waals surface area (Å²) in [6.45, 7) is 2.80. The van der Waals surface area contributed by atoms with Crippen LogP contribution < -0.4 is 10.1 Å². The number of fused-ring (bicyclic) bond motifs is 1. The third kappa shape index (κ3) is 4.39. The number of hydrogen-bond donors (Lipinski definition) is 1. The molecule has 0 saturated heterocycles. The van der Waals surface area contributed by atoms with Crippen molar-refractivity contribution in [1.29, 1.82) is 0 Å². The molecular formula is C28H24N4O. The number of aryl methyl sites for hydroxylation is 1. The molecule has 3 aromatic carbocycles. The number of rotatable bonds is 6. The van der Waals surface area contributed by atoms with E-state index in [2.05, 4.69) is 59.7 Å². The fraction of sp³-hybridized carbons (Fsp3) is 0.107. The van der Waals surface area contributed by atoms with E-state index >= 15 is 0 Å². The minimum Gasteiger partial charge on any atom is -0.497 e. The van der Waals surface area contributed by atoms with Crippen molar-refractivity contribution in [3.05, 3.63) is 102 Å². The number of nitrogens with zero attached hydrogens (tertiary/aromatic N) is 3. The monoisotopic (exact) mass is 432 g/mol. The molecule has 1 N–H and O–H groups in total. The fourth-order valence-electron chi connectivity index (χ4n) is 3.86. The Bertz CT molecular complexity index is 1420. The highest BCUT2D eigenvalue weighted by atomic mass is 16.5. The van der Waals surface area contributed by atoms with Crippen molar-refractivity contribution in [2.24, 2.45) is 0 Å². The van der Waals surface area contributed by atoms with E-state index in [0.29, 0.717) is 12.4 Å². The number of anilines is 1. The van der Waals surface area contributed by atoms with Gasteiger partial charge in [-0.1, -0.05) is 42.5 Å². The summed E-state index contributed by atoms with van der Waals surface area (Å²) in [6, 6.07) is 26.6.